The van der Waals surface area contributed by atoms with E-state index in [0.717, 1.165) is 16.5 Å². The third-order valence-electron chi connectivity index (χ3n) is 3.05. The summed E-state index contributed by atoms with van der Waals surface area (Å²) in [6.45, 7) is 0.0469. The maximum absolute atomic E-state index is 11.5. The minimum absolute atomic E-state index is 0.0469. The Morgan fingerprint density at radius 1 is 1.38 bits per heavy atom. The molecule has 0 aliphatic rings. The molecule has 0 radical (unpaired) electrons. The summed E-state index contributed by atoms with van der Waals surface area (Å²) in [5, 5.41) is 14.9. The maximum atomic E-state index is 11.5. The third-order valence-corrected chi connectivity index (χ3v) is 3.05. The van der Waals surface area contributed by atoms with Crippen molar-refractivity contribution in [2.24, 2.45) is 0 Å². The Labute approximate surface area is 121 Å². The molecular formula is C15H15N3O3. The number of hydrogen-bond acceptors (Lipinski definition) is 2. The molecule has 0 unspecified atom stereocenters. The summed E-state index contributed by atoms with van der Waals surface area (Å²) in [6.07, 6.45) is 6.96. The van der Waals surface area contributed by atoms with Gasteiger partial charge in [0.25, 0.3) is 0 Å². The fourth-order valence-corrected chi connectivity index (χ4v) is 2.06. The van der Waals surface area contributed by atoms with E-state index in [4.69, 9.17) is 6.42 Å². The fourth-order valence-electron chi connectivity index (χ4n) is 2.06. The van der Waals surface area contributed by atoms with E-state index >= 15 is 0 Å². The third kappa shape index (κ3) is 3.54. The first-order chi connectivity index (χ1) is 10.1. The molecule has 0 bridgehead atoms. The number of H-pyrrole nitrogens is 1. The summed E-state index contributed by atoms with van der Waals surface area (Å²) in [5.41, 5.74) is 1.75. The van der Waals surface area contributed by atoms with Crippen LogP contribution in [0.3, 0.4) is 0 Å². The lowest BCUT2D eigenvalue weighted by Crippen LogP contribution is -2.47. The molecule has 0 aliphatic carbocycles. The Hall–Kier alpha value is -2.94. The van der Waals surface area contributed by atoms with Gasteiger partial charge in [-0.25, -0.2) is 9.59 Å². The normalized spacial score (nSPS) is 11.6. The van der Waals surface area contributed by atoms with E-state index < -0.39 is 18.0 Å². The molecule has 2 amide bonds. The van der Waals surface area contributed by atoms with Gasteiger partial charge in [0.1, 0.15) is 6.04 Å². The number of urea groups is 1. The highest BCUT2D eigenvalue weighted by molar-refractivity contribution is 5.86. The van der Waals surface area contributed by atoms with Gasteiger partial charge in [-0.2, -0.15) is 0 Å². The largest absolute Gasteiger partial charge is 0.480 e. The summed E-state index contributed by atoms with van der Waals surface area (Å²) >= 11 is 0. The average molecular weight is 285 g/mol. The smallest absolute Gasteiger partial charge is 0.326 e. The van der Waals surface area contributed by atoms with E-state index in [2.05, 4.69) is 21.5 Å². The first-order valence-corrected chi connectivity index (χ1v) is 6.37. The second-order valence-electron chi connectivity index (χ2n) is 4.49. The van der Waals surface area contributed by atoms with Crippen molar-refractivity contribution >= 4 is 22.9 Å². The number of aromatic amines is 1. The van der Waals surface area contributed by atoms with Gasteiger partial charge in [0, 0.05) is 23.5 Å². The van der Waals surface area contributed by atoms with Crippen LogP contribution in [0.15, 0.2) is 30.5 Å². The van der Waals surface area contributed by atoms with Crippen LogP contribution in [0.2, 0.25) is 0 Å². The lowest BCUT2D eigenvalue weighted by atomic mass is 10.1. The molecule has 1 heterocycles. The lowest BCUT2D eigenvalue weighted by molar-refractivity contribution is -0.139. The number of para-hydroxylation sites is 1. The van der Waals surface area contributed by atoms with Gasteiger partial charge in [0.05, 0.1) is 6.54 Å². The van der Waals surface area contributed by atoms with Crippen LogP contribution in [-0.2, 0) is 11.2 Å². The Bertz CT molecular complexity index is 699. The van der Waals surface area contributed by atoms with Crippen molar-refractivity contribution in [3.05, 3.63) is 36.0 Å². The Morgan fingerprint density at radius 2 is 2.14 bits per heavy atom. The first-order valence-electron chi connectivity index (χ1n) is 6.37. The van der Waals surface area contributed by atoms with Gasteiger partial charge >= 0.3 is 12.0 Å². The van der Waals surface area contributed by atoms with Crippen LogP contribution < -0.4 is 10.6 Å². The van der Waals surface area contributed by atoms with Crippen molar-refractivity contribution < 1.29 is 14.7 Å². The molecule has 0 spiro atoms. The minimum Gasteiger partial charge on any atom is -0.480 e. The molecule has 6 nitrogen and oxygen atoms in total. The zero-order valence-corrected chi connectivity index (χ0v) is 11.2. The number of benzene rings is 1. The highest BCUT2D eigenvalue weighted by Gasteiger charge is 2.21. The Morgan fingerprint density at radius 3 is 2.86 bits per heavy atom. The highest BCUT2D eigenvalue weighted by Crippen LogP contribution is 2.19. The molecule has 0 fully saturated rings. The summed E-state index contributed by atoms with van der Waals surface area (Å²) in [6, 6.07) is 5.95. The summed E-state index contributed by atoms with van der Waals surface area (Å²) in [5.74, 6) is 1.15. The molecular weight excluding hydrogens is 270 g/mol. The van der Waals surface area contributed by atoms with Gasteiger partial charge < -0.3 is 20.7 Å². The predicted octanol–water partition coefficient (Wildman–Crippen LogP) is 1.10. The standard InChI is InChI=1S/C15H15N3O3/c1-2-7-16-15(21)18-13(14(19)20)8-10-9-17-12-6-4-3-5-11(10)12/h1,3-6,9,13,17H,7-8H2,(H,19,20)(H2,16,18,21)/t13-/m1/s1. The Balaban J connectivity index is 2.11. The second kappa shape index (κ2) is 6.48. The van der Waals surface area contributed by atoms with Gasteiger partial charge in [0.2, 0.25) is 0 Å². The van der Waals surface area contributed by atoms with E-state index in [1.807, 2.05) is 24.3 Å². The Kier molecular flexibility index (Phi) is 4.46. The summed E-state index contributed by atoms with van der Waals surface area (Å²) in [7, 11) is 0. The van der Waals surface area contributed by atoms with Gasteiger partial charge in [0.15, 0.2) is 0 Å². The van der Waals surface area contributed by atoms with E-state index in [1.165, 1.54) is 0 Å². The molecule has 0 aliphatic heterocycles. The zero-order valence-electron chi connectivity index (χ0n) is 11.2. The van der Waals surface area contributed by atoms with Gasteiger partial charge in [-0.15, -0.1) is 6.42 Å². The SMILES string of the molecule is C#CCNC(=O)N[C@H](Cc1c[nH]c2ccccc12)C(=O)O. The molecule has 0 saturated carbocycles. The maximum Gasteiger partial charge on any atom is 0.326 e. The second-order valence-corrected chi connectivity index (χ2v) is 4.49. The van der Waals surface area contributed by atoms with Crippen LogP contribution in [0, 0.1) is 12.3 Å². The topological polar surface area (TPSA) is 94.2 Å². The predicted molar refractivity (Wildman–Crippen MR) is 78.8 cm³/mol. The van der Waals surface area contributed by atoms with E-state index in [0.29, 0.717) is 0 Å². The van der Waals surface area contributed by atoms with Crippen molar-refractivity contribution in [2.75, 3.05) is 6.54 Å². The van der Waals surface area contributed by atoms with E-state index in [-0.39, 0.29) is 13.0 Å². The van der Waals surface area contributed by atoms with Crippen molar-refractivity contribution in [3.63, 3.8) is 0 Å². The number of nitrogens with one attached hydrogen (secondary N) is 3. The van der Waals surface area contributed by atoms with Crippen molar-refractivity contribution in [1.82, 2.24) is 15.6 Å². The fraction of sp³-hybridized carbons (Fsp3) is 0.200. The number of fused-ring (bicyclic) bond motifs is 1. The molecule has 2 rings (SSSR count). The number of carboxylic acids is 1. The lowest BCUT2D eigenvalue weighted by Gasteiger charge is -2.14. The van der Waals surface area contributed by atoms with Crippen LogP contribution in [-0.4, -0.2) is 34.7 Å². The van der Waals surface area contributed by atoms with Gasteiger partial charge in [-0.1, -0.05) is 24.1 Å². The molecule has 1 atom stereocenters. The number of carbonyl (C=O) groups is 2. The molecule has 1 aromatic heterocycles. The number of carboxylic acid groups (broad SMARTS) is 1. The van der Waals surface area contributed by atoms with Crippen LogP contribution >= 0.6 is 0 Å². The molecule has 1 aromatic carbocycles. The highest BCUT2D eigenvalue weighted by atomic mass is 16.4. The van der Waals surface area contributed by atoms with Crippen molar-refractivity contribution in [3.8, 4) is 12.3 Å². The number of aliphatic carboxylic acids is 1. The van der Waals surface area contributed by atoms with Crippen LogP contribution in [0.25, 0.3) is 10.9 Å². The zero-order chi connectivity index (χ0) is 15.2. The molecule has 2 aromatic rings. The number of carbonyl (C=O) groups excluding carboxylic acids is 1. The first kappa shape index (κ1) is 14.5. The molecule has 21 heavy (non-hydrogen) atoms. The number of amides is 2. The van der Waals surface area contributed by atoms with Crippen LogP contribution in [0.4, 0.5) is 4.79 Å². The number of terminal acetylenes is 1. The molecule has 4 N–H and O–H groups in total. The van der Waals surface area contributed by atoms with Gasteiger partial charge in [-0.3, -0.25) is 0 Å². The van der Waals surface area contributed by atoms with E-state index in [9.17, 15) is 14.7 Å². The molecule has 0 saturated heterocycles. The van der Waals surface area contributed by atoms with Crippen molar-refractivity contribution in [2.45, 2.75) is 12.5 Å². The summed E-state index contributed by atoms with van der Waals surface area (Å²) in [4.78, 5) is 25.9. The van der Waals surface area contributed by atoms with E-state index in [1.54, 1.807) is 6.20 Å². The van der Waals surface area contributed by atoms with Crippen molar-refractivity contribution in [1.29, 1.82) is 0 Å². The number of rotatable bonds is 5. The average Bonchev–Trinajstić information content (AvgIpc) is 2.87. The number of aromatic nitrogens is 1. The monoisotopic (exact) mass is 285 g/mol. The minimum atomic E-state index is -1.10. The van der Waals surface area contributed by atoms with Crippen LogP contribution in [0.5, 0.6) is 0 Å². The molecule has 6 heteroatoms. The summed E-state index contributed by atoms with van der Waals surface area (Å²) < 4.78 is 0. The van der Waals surface area contributed by atoms with Crippen LogP contribution in [0.1, 0.15) is 5.56 Å². The number of hydrogen-bond donors (Lipinski definition) is 4. The molecule has 108 valence electrons. The quantitative estimate of drug-likeness (QED) is 0.620. The van der Waals surface area contributed by atoms with Gasteiger partial charge in [-0.05, 0) is 11.6 Å².